The highest BCUT2D eigenvalue weighted by Gasteiger charge is 2.63. The van der Waals surface area contributed by atoms with Crippen molar-refractivity contribution in [2.24, 2.45) is 7.05 Å². The van der Waals surface area contributed by atoms with Crippen LogP contribution < -0.4 is 5.32 Å². The number of aryl methyl sites for hydroxylation is 1. The molecule has 2 heterocycles. The first-order valence-corrected chi connectivity index (χ1v) is 5.77. The van der Waals surface area contributed by atoms with E-state index in [4.69, 9.17) is 0 Å². The van der Waals surface area contributed by atoms with Gasteiger partial charge >= 0.3 is 12.2 Å². The first-order valence-electron chi connectivity index (χ1n) is 5.77. The van der Waals surface area contributed by atoms with Gasteiger partial charge in [0.05, 0.1) is 19.6 Å². The summed E-state index contributed by atoms with van der Waals surface area (Å²) in [7, 11) is 2.66. The Morgan fingerprint density at radius 1 is 1.55 bits per heavy atom. The number of amides is 2. The number of nitrogens with zero attached hydrogens (tertiary/aromatic N) is 4. The molecule has 0 saturated carbocycles. The molecule has 1 saturated heterocycles. The van der Waals surface area contributed by atoms with Crippen molar-refractivity contribution in [3.8, 4) is 0 Å². The van der Waals surface area contributed by atoms with E-state index >= 15 is 0 Å². The molecular formula is C10H14F3N5O2. The summed E-state index contributed by atoms with van der Waals surface area (Å²) in [6.07, 6.45) is -2.89. The van der Waals surface area contributed by atoms with Crippen LogP contribution in [0.3, 0.4) is 0 Å². The zero-order valence-corrected chi connectivity index (χ0v) is 10.9. The first kappa shape index (κ1) is 14.6. The minimum absolute atomic E-state index is 0.106. The summed E-state index contributed by atoms with van der Waals surface area (Å²) in [4.78, 5) is 12.7. The van der Waals surface area contributed by atoms with Gasteiger partial charge in [0.2, 0.25) is 0 Å². The molecule has 1 N–H and O–H groups in total. The van der Waals surface area contributed by atoms with E-state index in [1.165, 1.54) is 4.68 Å². The fourth-order valence-corrected chi connectivity index (χ4v) is 1.89. The lowest BCUT2D eigenvalue weighted by molar-refractivity contribution is -0.303. The molecule has 112 valence electrons. The number of nitrogens with one attached hydrogen (secondary N) is 1. The molecule has 1 aromatic heterocycles. The van der Waals surface area contributed by atoms with Crippen molar-refractivity contribution in [2.75, 3.05) is 20.2 Å². The van der Waals surface area contributed by atoms with E-state index in [1.807, 2.05) is 0 Å². The fourth-order valence-electron chi connectivity index (χ4n) is 1.89. The molecule has 1 aliphatic rings. The van der Waals surface area contributed by atoms with Gasteiger partial charge in [-0.25, -0.2) is 4.79 Å². The van der Waals surface area contributed by atoms with Gasteiger partial charge in [0.15, 0.2) is 5.60 Å². The van der Waals surface area contributed by atoms with Gasteiger partial charge in [-0.05, 0) is 0 Å². The molecule has 7 nitrogen and oxygen atoms in total. The van der Waals surface area contributed by atoms with Crippen LogP contribution >= 0.6 is 0 Å². The molecule has 0 aliphatic carbocycles. The summed E-state index contributed by atoms with van der Waals surface area (Å²) < 4.78 is 44.2. The number of rotatable bonds is 3. The van der Waals surface area contributed by atoms with Crippen molar-refractivity contribution in [1.29, 1.82) is 0 Å². The van der Waals surface area contributed by atoms with Gasteiger partial charge in [-0.1, -0.05) is 5.21 Å². The van der Waals surface area contributed by atoms with E-state index < -0.39 is 30.9 Å². The highest BCUT2D eigenvalue weighted by Crippen LogP contribution is 2.40. The van der Waals surface area contributed by atoms with Crippen molar-refractivity contribution >= 4 is 6.03 Å². The van der Waals surface area contributed by atoms with Crippen molar-refractivity contribution in [1.82, 2.24) is 25.2 Å². The van der Waals surface area contributed by atoms with Gasteiger partial charge < -0.3 is 15.0 Å². The van der Waals surface area contributed by atoms with Gasteiger partial charge in [-0.3, -0.25) is 4.68 Å². The Hall–Kier alpha value is -1.84. The average molecular weight is 293 g/mol. The van der Waals surface area contributed by atoms with Gasteiger partial charge in [0.1, 0.15) is 5.69 Å². The summed E-state index contributed by atoms with van der Waals surface area (Å²) in [5.74, 6) is 0. The first-order chi connectivity index (χ1) is 9.27. The fraction of sp³-hybridized carbons (Fsp3) is 0.700. The third kappa shape index (κ3) is 2.55. The number of ether oxygens (including phenoxy) is 1. The maximum atomic E-state index is 12.7. The lowest BCUT2D eigenvalue weighted by atomic mass is 9.93. The average Bonchev–Trinajstić information content (AvgIpc) is 2.70. The quantitative estimate of drug-likeness (QED) is 0.869. The van der Waals surface area contributed by atoms with Crippen LogP contribution in [0.1, 0.15) is 5.69 Å². The van der Waals surface area contributed by atoms with E-state index in [-0.39, 0.29) is 6.54 Å². The molecule has 1 aromatic rings. The minimum Gasteiger partial charge on any atom is -0.365 e. The summed E-state index contributed by atoms with van der Waals surface area (Å²) >= 11 is 0. The lowest BCUT2D eigenvalue weighted by Gasteiger charge is -2.49. The van der Waals surface area contributed by atoms with Crippen molar-refractivity contribution in [2.45, 2.75) is 18.3 Å². The Morgan fingerprint density at radius 2 is 2.20 bits per heavy atom. The zero-order valence-electron chi connectivity index (χ0n) is 10.9. The summed E-state index contributed by atoms with van der Waals surface area (Å²) in [6, 6.07) is -0.590. The summed E-state index contributed by atoms with van der Waals surface area (Å²) in [5.41, 5.74) is -1.73. The third-order valence-corrected chi connectivity index (χ3v) is 3.16. The predicted molar refractivity (Wildman–Crippen MR) is 60.6 cm³/mol. The number of carbonyl (C=O) groups is 1. The molecule has 2 amide bonds. The Balaban J connectivity index is 1.84. The molecule has 0 aromatic carbocycles. The maximum Gasteiger partial charge on any atom is 0.420 e. The van der Waals surface area contributed by atoms with Gasteiger partial charge in [-0.2, -0.15) is 13.2 Å². The second-order valence-electron chi connectivity index (χ2n) is 4.59. The largest absolute Gasteiger partial charge is 0.420 e. The van der Waals surface area contributed by atoms with Crippen molar-refractivity contribution in [3.05, 3.63) is 11.9 Å². The van der Waals surface area contributed by atoms with E-state index in [2.05, 4.69) is 20.4 Å². The van der Waals surface area contributed by atoms with Crippen LogP contribution in [0.15, 0.2) is 6.20 Å². The maximum absolute atomic E-state index is 12.7. The second-order valence-corrected chi connectivity index (χ2v) is 4.59. The molecule has 0 radical (unpaired) electrons. The topological polar surface area (TPSA) is 72.3 Å². The Kier molecular flexibility index (Phi) is 3.59. The van der Waals surface area contributed by atoms with Crippen LogP contribution in [0.4, 0.5) is 18.0 Å². The van der Waals surface area contributed by atoms with Crippen LogP contribution in [-0.4, -0.2) is 57.9 Å². The predicted octanol–water partition coefficient (Wildman–Crippen LogP) is 0.288. The van der Waals surface area contributed by atoms with Crippen LogP contribution in [0, 0.1) is 0 Å². The number of methoxy groups -OCH3 is 1. The molecule has 0 atom stereocenters. The molecule has 0 unspecified atom stereocenters. The van der Waals surface area contributed by atoms with E-state index in [1.54, 1.807) is 13.2 Å². The van der Waals surface area contributed by atoms with Crippen LogP contribution in [0.5, 0.6) is 0 Å². The summed E-state index contributed by atoms with van der Waals surface area (Å²) in [5, 5.41) is 9.90. The number of aromatic nitrogens is 3. The zero-order chi connectivity index (χ0) is 15.0. The molecule has 10 heteroatoms. The van der Waals surface area contributed by atoms with E-state index in [0.717, 1.165) is 12.0 Å². The van der Waals surface area contributed by atoms with Crippen LogP contribution in [0.2, 0.25) is 0 Å². The number of alkyl halides is 3. The number of hydrogen-bond acceptors (Lipinski definition) is 4. The van der Waals surface area contributed by atoms with Gasteiger partial charge in [-0.15, -0.1) is 5.10 Å². The van der Waals surface area contributed by atoms with Crippen LogP contribution in [0.25, 0.3) is 0 Å². The molecule has 2 rings (SSSR count). The third-order valence-electron chi connectivity index (χ3n) is 3.16. The standard InChI is InChI=1S/C10H14F3N5O2/c1-17-4-7(15-16-17)3-14-8(19)18-5-9(6-18,20-2)10(11,12)13/h4H,3,5-6H2,1-2H3,(H,14,19). The molecule has 0 bridgehead atoms. The van der Waals surface area contributed by atoms with E-state index in [0.29, 0.717) is 5.69 Å². The number of halogens is 3. The Bertz CT molecular complexity index is 495. The van der Waals surface area contributed by atoms with Crippen molar-refractivity contribution in [3.63, 3.8) is 0 Å². The molecule has 1 aliphatic heterocycles. The molecule has 1 fully saturated rings. The Labute approximate surface area is 112 Å². The normalized spacial score (nSPS) is 17.8. The monoisotopic (exact) mass is 293 g/mol. The van der Waals surface area contributed by atoms with Gasteiger partial charge in [0, 0.05) is 20.4 Å². The Morgan fingerprint density at radius 3 is 2.65 bits per heavy atom. The molecular weight excluding hydrogens is 279 g/mol. The minimum atomic E-state index is -4.50. The molecule has 20 heavy (non-hydrogen) atoms. The molecule has 0 spiro atoms. The highest BCUT2D eigenvalue weighted by molar-refractivity contribution is 5.75. The number of hydrogen-bond donors (Lipinski definition) is 1. The number of carbonyl (C=O) groups excluding carboxylic acids is 1. The SMILES string of the molecule is COC1(C(F)(F)F)CN(C(=O)NCc2cn(C)nn2)C1. The number of urea groups is 1. The van der Waals surface area contributed by atoms with Crippen molar-refractivity contribution < 1.29 is 22.7 Å². The van der Waals surface area contributed by atoms with Crippen LogP contribution in [-0.2, 0) is 18.3 Å². The number of likely N-dealkylation sites (tertiary alicyclic amines) is 1. The lowest BCUT2D eigenvalue weighted by Crippen LogP contribution is -2.72. The second kappa shape index (κ2) is 4.93. The highest BCUT2D eigenvalue weighted by atomic mass is 19.4. The smallest absolute Gasteiger partial charge is 0.365 e. The summed E-state index contributed by atoms with van der Waals surface area (Å²) in [6.45, 7) is -0.923. The van der Waals surface area contributed by atoms with Gasteiger partial charge in [0.25, 0.3) is 0 Å². The van der Waals surface area contributed by atoms with E-state index in [9.17, 15) is 18.0 Å².